The molecule has 1 aromatic rings. The van der Waals surface area contributed by atoms with Crippen LogP contribution in [0.25, 0.3) is 0 Å². The fourth-order valence-electron chi connectivity index (χ4n) is 0.657. The molecule has 0 fully saturated rings. The van der Waals surface area contributed by atoms with Crippen LogP contribution < -0.4 is 0 Å². The third kappa shape index (κ3) is 1.72. The van der Waals surface area contributed by atoms with Crippen LogP contribution in [0.2, 0.25) is 0 Å². The molecule has 0 spiro atoms. The summed E-state index contributed by atoms with van der Waals surface area (Å²) in [5.74, 6) is -0.889. The van der Waals surface area contributed by atoms with Crippen LogP contribution in [0.4, 0.5) is 0 Å². The monoisotopic (exact) mass is 189 g/mol. The first-order valence-corrected chi connectivity index (χ1v) is 4.94. The zero-order chi connectivity index (χ0) is 8.43. The van der Waals surface area contributed by atoms with Gasteiger partial charge in [0.2, 0.25) is 0 Å². The van der Waals surface area contributed by atoms with E-state index in [-0.39, 0.29) is 0 Å². The molecule has 0 unspecified atom stereocenters. The van der Waals surface area contributed by atoms with Crippen LogP contribution in [-0.2, 0) is 0 Å². The van der Waals surface area contributed by atoms with E-state index in [2.05, 4.69) is 4.98 Å². The number of nitrogens with zero attached hydrogens (tertiary/aromatic N) is 1. The molecule has 60 valence electrons. The van der Waals surface area contributed by atoms with E-state index in [4.69, 9.17) is 5.11 Å². The van der Waals surface area contributed by atoms with Crippen molar-refractivity contribution in [1.82, 2.24) is 4.98 Å². The lowest BCUT2D eigenvalue weighted by Crippen LogP contribution is -1.94. The highest BCUT2D eigenvalue weighted by Gasteiger charge is 2.12. The summed E-state index contributed by atoms with van der Waals surface area (Å²) >= 11 is 2.69. The van der Waals surface area contributed by atoms with Gasteiger partial charge in [-0.3, -0.25) is 0 Å². The lowest BCUT2D eigenvalue weighted by molar-refractivity contribution is 0.0701. The summed E-state index contributed by atoms with van der Waals surface area (Å²) in [5, 5.41) is 8.64. The number of carboxylic acid groups (broad SMARTS) is 1. The van der Waals surface area contributed by atoms with Crippen LogP contribution in [0.15, 0.2) is 4.34 Å². The summed E-state index contributed by atoms with van der Waals surface area (Å²) in [6.07, 6.45) is 1.88. The van der Waals surface area contributed by atoms with Gasteiger partial charge in [-0.05, 0) is 13.2 Å². The highest BCUT2D eigenvalue weighted by Crippen LogP contribution is 2.24. The number of carbonyl (C=O) groups is 1. The van der Waals surface area contributed by atoms with Crippen molar-refractivity contribution >= 4 is 29.1 Å². The Morgan fingerprint density at radius 3 is 2.64 bits per heavy atom. The summed E-state index contributed by atoms with van der Waals surface area (Å²) in [5.41, 5.74) is 0.604. The second kappa shape index (κ2) is 3.23. The second-order valence-corrected chi connectivity index (χ2v) is 3.96. The van der Waals surface area contributed by atoms with Crippen molar-refractivity contribution < 1.29 is 9.90 Å². The minimum Gasteiger partial charge on any atom is -0.477 e. The number of rotatable bonds is 2. The van der Waals surface area contributed by atoms with E-state index in [1.165, 1.54) is 23.1 Å². The molecule has 3 nitrogen and oxygen atoms in total. The number of aromatic carboxylic acids is 1. The molecule has 0 atom stereocenters. The number of carboxylic acids is 1. The SMILES string of the molecule is CSc1nc(C)c(C(=O)O)s1. The molecule has 1 rings (SSSR count). The molecule has 0 aliphatic rings. The maximum Gasteiger partial charge on any atom is 0.347 e. The zero-order valence-electron chi connectivity index (χ0n) is 6.12. The van der Waals surface area contributed by atoms with Crippen LogP contribution in [0.3, 0.4) is 0 Å². The van der Waals surface area contributed by atoms with Crippen LogP contribution >= 0.6 is 23.1 Å². The van der Waals surface area contributed by atoms with Gasteiger partial charge in [-0.2, -0.15) is 0 Å². The van der Waals surface area contributed by atoms with Crippen LogP contribution in [0.5, 0.6) is 0 Å². The van der Waals surface area contributed by atoms with Crippen molar-refractivity contribution in [3.63, 3.8) is 0 Å². The second-order valence-electron chi connectivity index (χ2n) is 1.90. The average Bonchev–Trinajstić information content (AvgIpc) is 2.30. The number of thiazole rings is 1. The predicted octanol–water partition coefficient (Wildman–Crippen LogP) is 1.87. The average molecular weight is 189 g/mol. The predicted molar refractivity (Wildman–Crippen MR) is 45.6 cm³/mol. The highest BCUT2D eigenvalue weighted by molar-refractivity contribution is 8.00. The van der Waals surface area contributed by atoms with Gasteiger partial charge in [0.25, 0.3) is 0 Å². The van der Waals surface area contributed by atoms with Crippen molar-refractivity contribution in [2.24, 2.45) is 0 Å². The third-order valence-corrected chi connectivity index (χ3v) is 3.28. The highest BCUT2D eigenvalue weighted by atomic mass is 32.2. The van der Waals surface area contributed by atoms with Gasteiger partial charge in [0, 0.05) is 0 Å². The summed E-state index contributed by atoms with van der Waals surface area (Å²) in [6, 6.07) is 0. The molecule has 0 aromatic carbocycles. The standard InChI is InChI=1S/C6H7NO2S2/c1-3-4(5(8)9)11-6(7-3)10-2/h1-2H3,(H,8,9). The van der Waals surface area contributed by atoms with Gasteiger partial charge in [0.1, 0.15) is 4.88 Å². The van der Waals surface area contributed by atoms with Gasteiger partial charge in [-0.25, -0.2) is 9.78 Å². The fourth-order valence-corrected chi connectivity index (χ4v) is 2.11. The number of hydrogen-bond donors (Lipinski definition) is 1. The van der Waals surface area contributed by atoms with Crippen molar-refractivity contribution in [2.45, 2.75) is 11.3 Å². The normalized spacial score (nSPS) is 10.0. The molecule has 0 aliphatic heterocycles. The van der Waals surface area contributed by atoms with E-state index < -0.39 is 5.97 Å². The van der Waals surface area contributed by atoms with E-state index in [0.29, 0.717) is 10.6 Å². The summed E-state index contributed by atoms with van der Waals surface area (Å²) in [6.45, 7) is 1.71. The largest absolute Gasteiger partial charge is 0.477 e. The van der Waals surface area contributed by atoms with Gasteiger partial charge in [0.05, 0.1) is 5.69 Å². The van der Waals surface area contributed by atoms with Crippen molar-refractivity contribution in [1.29, 1.82) is 0 Å². The molecule has 0 saturated heterocycles. The Labute approximate surface area is 72.5 Å². The quantitative estimate of drug-likeness (QED) is 0.721. The first kappa shape index (κ1) is 8.55. The Balaban J connectivity index is 3.07. The fraction of sp³-hybridized carbons (Fsp3) is 0.333. The smallest absolute Gasteiger partial charge is 0.347 e. The van der Waals surface area contributed by atoms with Crippen LogP contribution in [-0.4, -0.2) is 22.3 Å². The van der Waals surface area contributed by atoms with E-state index in [1.807, 2.05) is 6.26 Å². The topological polar surface area (TPSA) is 50.2 Å². The van der Waals surface area contributed by atoms with E-state index in [1.54, 1.807) is 6.92 Å². The summed E-state index contributed by atoms with van der Waals surface area (Å²) < 4.78 is 0.805. The number of aromatic nitrogens is 1. The van der Waals surface area contributed by atoms with Gasteiger partial charge < -0.3 is 5.11 Å². The van der Waals surface area contributed by atoms with Gasteiger partial charge in [0.15, 0.2) is 4.34 Å². The van der Waals surface area contributed by atoms with Gasteiger partial charge in [-0.1, -0.05) is 11.8 Å². The lowest BCUT2D eigenvalue weighted by Gasteiger charge is -1.84. The number of aryl methyl sites for hydroxylation is 1. The molecule has 1 heterocycles. The molecule has 0 amide bonds. The Morgan fingerprint density at radius 1 is 1.73 bits per heavy atom. The lowest BCUT2D eigenvalue weighted by atomic mass is 10.4. The van der Waals surface area contributed by atoms with Gasteiger partial charge in [-0.15, -0.1) is 11.3 Å². The molecule has 1 N–H and O–H groups in total. The molecule has 0 aliphatic carbocycles. The Hall–Kier alpha value is -0.550. The molecular formula is C6H7NO2S2. The van der Waals surface area contributed by atoms with Gasteiger partial charge >= 0.3 is 5.97 Å². The van der Waals surface area contributed by atoms with Crippen LogP contribution in [0, 0.1) is 6.92 Å². The first-order chi connectivity index (χ1) is 5.15. The molecular weight excluding hydrogens is 182 g/mol. The maximum atomic E-state index is 10.5. The number of thioether (sulfide) groups is 1. The molecule has 11 heavy (non-hydrogen) atoms. The van der Waals surface area contributed by atoms with Crippen molar-refractivity contribution in [3.05, 3.63) is 10.6 Å². The molecule has 0 bridgehead atoms. The summed E-state index contributed by atoms with van der Waals surface area (Å²) in [7, 11) is 0. The molecule has 5 heteroatoms. The van der Waals surface area contributed by atoms with E-state index >= 15 is 0 Å². The maximum absolute atomic E-state index is 10.5. The number of hydrogen-bond acceptors (Lipinski definition) is 4. The molecule has 1 aromatic heterocycles. The van der Waals surface area contributed by atoms with E-state index in [0.717, 1.165) is 4.34 Å². The minimum absolute atomic E-state index is 0.342. The van der Waals surface area contributed by atoms with E-state index in [9.17, 15) is 4.79 Å². The Morgan fingerprint density at radius 2 is 2.36 bits per heavy atom. The molecule has 0 radical (unpaired) electrons. The first-order valence-electron chi connectivity index (χ1n) is 2.90. The Bertz CT molecular complexity index is 282. The van der Waals surface area contributed by atoms with Crippen molar-refractivity contribution in [2.75, 3.05) is 6.26 Å². The molecule has 0 saturated carbocycles. The third-order valence-electron chi connectivity index (χ3n) is 1.15. The van der Waals surface area contributed by atoms with Crippen molar-refractivity contribution in [3.8, 4) is 0 Å². The zero-order valence-corrected chi connectivity index (χ0v) is 7.75. The Kier molecular flexibility index (Phi) is 2.51. The minimum atomic E-state index is -0.889. The van der Waals surface area contributed by atoms with Crippen LogP contribution in [0.1, 0.15) is 15.4 Å². The summed E-state index contributed by atoms with van der Waals surface area (Å²) in [4.78, 5) is 14.9.